The van der Waals surface area contributed by atoms with Crippen LogP contribution >= 0.6 is 22.9 Å². The van der Waals surface area contributed by atoms with Gasteiger partial charge < -0.3 is 30.3 Å². The number of hydrogen-bond acceptors (Lipinski definition) is 11. The SMILES string of the molecule is COC(=O)CON=C(C(=O)N[C@H]1C(=O)N[C@H]1C(=O)OC)c1csc(NC(=O)CCl)n1. The molecule has 0 spiro atoms. The minimum atomic E-state index is -1.20. The number of thiazole rings is 1. The maximum Gasteiger partial charge on any atom is 0.346 e. The van der Waals surface area contributed by atoms with Crippen LogP contribution in [0.4, 0.5) is 5.13 Å². The number of aromatic nitrogens is 1. The number of methoxy groups -OCH3 is 2. The first kappa shape index (κ1) is 23.0. The standard InChI is InChI=1S/C15H16ClN5O8S/c1-27-8(23)4-29-21-9(6-5-30-15(17-6)18-7(22)3-16)12(24)19-10-11(14(26)28-2)20-13(10)25/h5,10-11H,3-4H2,1-2H3,(H,19,24)(H,20,25)(H,17,18,22)/t10-,11-/m1/s1. The third-order valence-electron chi connectivity index (χ3n) is 3.55. The first-order valence-corrected chi connectivity index (χ1v) is 9.49. The van der Waals surface area contributed by atoms with Crippen LogP contribution in [0.2, 0.25) is 0 Å². The van der Waals surface area contributed by atoms with Crippen LogP contribution in [0.3, 0.4) is 0 Å². The lowest BCUT2D eigenvalue weighted by molar-refractivity contribution is -0.153. The number of β-lactam (4-membered cyclic amide) rings is 1. The second-order valence-electron chi connectivity index (χ2n) is 5.47. The van der Waals surface area contributed by atoms with Gasteiger partial charge in [-0.1, -0.05) is 5.16 Å². The van der Waals surface area contributed by atoms with Crippen molar-refractivity contribution in [2.75, 3.05) is 32.0 Å². The normalized spacial score (nSPS) is 17.8. The van der Waals surface area contributed by atoms with Gasteiger partial charge in [-0.25, -0.2) is 14.6 Å². The Bertz CT molecular complexity index is 888. The van der Waals surface area contributed by atoms with E-state index in [0.717, 1.165) is 25.6 Å². The topological polar surface area (TPSA) is 174 Å². The van der Waals surface area contributed by atoms with E-state index < -0.39 is 54.1 Å². The second-order valence-corrected chi connectivity index (χ2v) is 6.60. The molecule has 1 aromatic rings. The van der Waals surface area contributed by atoms with E-state index >= 15 is 0 Å². The minimum absolute atomic E-state index is 0.0263. The van der Waals surface area contributed by atoms with Gasteiger partial charge in [-0.2, -0.15) is 0 Å². The van der Waals surface area contributed by atoms with Crippen LogP contribution in [0.1, 0.15) is 5.69 Å². The summed E-state index contributed by atoms with van der Waals surface area (Å²) in [6.45, 7) is -0.595. The van der Waals surface area contributed by atoms with Crippen LogP contribution in [-0.2, 0) is 38.3 Å². The van der Waals surface area contributed by atoms with E-state index in [-0.39, 0.29) is 16.7 Å². The molecular formula is C15H16ClN5O8S. The molecule has 0 unspecified atom stereocenters. The number of carbonyl (C=O) groups is 5. The van der Waals surface area contributed by atoms with Crippen molar-refractivity contribution >= 4 is 63.4 Å². The molecule has 15 heteroatoms. The van der Waals surface area contributed by atoms with Gasteiger partial charge in [0.05, 0.1) is 14.2 Å². The summed E-state index contributed by atoms with van der Waals surface area (Å²) < 4.78 is 8.95. The maximum atomic E-state index is 12.7. The summed E-state index contributed by atoms with van der Waals surface area (Å²) in [5.74, 6) is -3.86. The Labute approximate surface area is 178 Å². The quantitative estimate of drug-likeness (QED) is 0.128. The molecule has 3 amide bonds. The average Bonchev–Trinajstić information content (AvgIpc) is 3.19. The van der Waals surface area contributed by atoms with Gasteiger partial charge in [-0.3, -0.25) is 14.4 Å². The number of carbonyl (C=O) groups excluding carboxylic acids is 5. The van der Waals surface area contributed by atoms with Gasteiger partial charge in [0.25, 0.3) is 5.91 Å². The summed E-state index contributed by atoms with van der Waals surface area (Å²) >= 11 is 6.38. The lowest BCUT2D eigenvalue weighted by Gasteiger charge is -2.34. The van der Waals surface area contributed by atoms with Gasteiger partial charge >= 0.3 is 11.9 Å². The summed E-state index contributed by atoms with van der Waals surface area (Å²) in [5.41, 5.74) is -0.438. The highest BCUT2D eigenvalue weighted by Gasteiger charge is 2.46. The molecular weight excluding hydrogens is 446 g/mol. The summed E-state index contributed by atoms with van der Waals surface area (Å²) in [6.07, 6.45) is 0. The molecule has 2 heterocycles. The van der Waals surface area contributed by atoms with Crippen molar-refractivity contribution in [3.63, 3.8) is 0 Å². The average molecular weight is 462 g/mol. The van der Waals surface area contributed by atoms with Crippen LogP contribution in [-0.4, -0.2) is 79.1 Å². The maximum absolute atomic E-state index is 12.7. The molecule has 1 saturated heterocycles. The zero-order chi connectivity index (χ0) is 22.3. The van der Waals surface area contributed by atoms with Crippen LogP contribution in [0.15, 0.2) is 10.5 Å². The molecule has 30 heavy (non-hydrogen) atoms. The Hall–Kier alpha value is -3.26. The largest absolute Gasteiger partial charge is 0.467 e. The fourth-order valence-corrected chi connectivity index (χ4v) is 2.85. The highest BCUT2D eigenvalue weighted by molar-refractivity contribution is 7.14. The molecule has 2 rings (SSSR count). The van der Waals surface area contributed by atoms with Gasteiger partial charge in [-0.05, 0) is 0 Å². The number of rotatable bonds is 9. The number of nitrogens with one attached hydrogen (secondary N) is 3. The number of oxime groups is 1. The van der Waals surface area contributed by atoms with E-state index in [1.807, 2.05) is 0 Å². The predicted molar refractivity (Wildman–Crippen MR) is 102 cm³/mol. The zero-order valence-electron chi connectivity index (χ0n) is 15.6. The number of alkyl halides is 1. The highest BCUT2D eigenvalue weighted by Crippen LogP contribution is 2.17. The molecule has 0 bridgehead atoms. The summed E-state index contributed by atoms with van der Waals surface area (Å²) in [6, 6.07) is -2.28. The van der Waals surface area contributed by atoms with Gasteiger partial charge in [-0.15, -0.1) is 22.9 Å². The molecule has 0 aromatic carbocycles. The Balaban J connectivity index is 2.20. The third-order valence-corrected chi connectivity index (χ3v) is 4.55. The molecule has 0 aliphatic carbocycles. The monoisotopic (exact) mass is 461 g/mol. The second kappa shape index (κ2) is 10.5. The Morgan fingerprint density at radius 2 is 2.03 bits per heavy atom. The number of amides is 3. The van der Waals surface area contributed by atoms with Crippen LogP contribution in [0, 0.1) is 0 Å². The fourth-order valence-electron chi connectivity index (χ4n) is 2.07. The van der Waals surface area contributed by atoms with Crippen molar-refractivity contribution in [3.8, 4) is 0 Å². The van der Waals surface area contributed by atoms with E-state index in [9.17, 15) is 24.0 Å². The van der Waals surface area contributed by atoms with Crippen molar-refractivity contribution in [2.45, 2.75) is 12.1 Å². The minimum Gasteiger partial charge on any atom is -0.467 e. The number of halogens is 1. The molecule has 162 valence electrons. The van der Waals surface area contributed by atoms with Crippen LogP contribution < -0.4 is 16.0 Å². The molecule has 1 aromatic heterocycles. The molecule has 0 radical (unpaired) electrons. The molecule has 1 fully saturated rings. The molecule has 1 aliphatic heterocycles. The number of ether oxygens (including phenoxy) is 2. The van der Waals surface area contributed by atoms with E-state index in [0.29, 0.717) is 0 Å². The van der Waals surface area contributed by atoms with Crippen molar-refractivity contribution in [1.82, 2.24) is 15.6 Å². The fraction of sp³-hybridized carbons (Fsp3) is 0.400. The van der Waals surface area contributed by atoms with E-state index in [4.69, 9.17) is 16.4 Å². The lowest BCUT2D eigenvalue weighted by Crippen LogP contribution is -2.72. The van der Waals surface area contributed by atoms with Crippen molar-refractivity contribution < 1.29 is 38.3 Å². The predicted octanol–water partition coefficient (Wildman–Crippen LogP) is -1.63. The number of esters is 2. The van der Waals surface area contributed by atoms with Crippen LogP contribution in [0.25, 0.3) is 0 Å². The van der Waals surface area contributed by atoms with Crippen molar-refractivity contribution in [1.29, 1.82) is 0 Å². The lowest BCUT2D eigenvalue weighted by atomic mass is 9.99. The van der Waals surface area contributed by atoms with Crippen LogP contribution in [0.5, 0.6) is 0 Å². The number of anilines is 1. The Morgan fingerprint density at radius 3 is 2.63 bits per heavy atom. The highest BCUT2D eigenvalue weighted by atomic mass is 35.5. The van der Waals surface area contributed by atoms with E-state index in [2.05, 4.69) is 35.6 Å². The third kappa shape index (κ3) is 5.64. The summed E-state index contributed by atoms with van der Waals surface area (Å²) in [5, 5.41) is 12.1. The van der Waals surface area contributed by atoms with Gasteiger partial charge in [0.1, 0.15) is 17.6 Å². The first-order valence-electron chi connectivity index (χ1n) is 8.08. The van der Waals surface area contributed by atoms with Crippen molar-refractivity contribution in [3.05, 3.63) is 11.1 Å². The molecule has 1 aliphatic rings. The van der Waals surface area contributed by atoms with Gasteiger partial charge in [0.15, 0.2) is 16.9 Å². The Kier molecular flexibility index (Phi) is 8.06. The smallest absolute Gasteiger partial charge is 0.346 e. The summed E-state index contributed by atoms with van der Waals surface area (Å²) in [7, 11) is 2.27. The van der Waals surface area contributed by atoms with Crippen molar-refractivity contribution in [2.24, 2.45) is 5.16 Å². The van der Waals surface area contributed by atoms with E-state index in [1.165, 1.54) is 5.38 Å². The van der Waals surface area contributed by atoms with Gasteiger partial charge in [0.2, 0.25) is 18.4 Å². The zero-order valence-corrected chi connectivity index (χ0v) is 17.2. The molecule has 13 nitrogen and oxygen atoms in total. The molecule has 3 N–H and O–H groups in total. The number of nitrogens with zero attached hydrogens (tertiary/aromatic N) is 2. The summed E-state index contributed by atoms with van der Waals surface area (Å²) in [4.78, 5) is 67.4. The molecule has 2 atom stereocenters. The first-order chi connectivity index (χ1) is 14.3. The van der Waals surface area contributed by atoms with Gasteiger partial charge in [0, 0.05) is 5.38 Å². The number of hydrogen-bond donors (Lipinski definition) is 3. The van der Waals surface area contributed by atoms with E-state index in [1.54, 1.807) is 0 Å². The Morgan fingerprint density at radius 1 is 1.30 bits per heavy atom. The molecule has 0 saturated carbocycles.